The molecular weight excluding hydrogens is 320 g/mol. The van der Waals surface area contributed by atoms with Gasteiger partial charge >= 0.3 is 0 Å². The first-order valence-electron chi connectivity index (χ1n) is 8.83. The fraction of sp³-hybridized carbons (Fsp3) is 0.611. The lowest BCUT2D eigenvalue weighted by atomic mass is 10.2. The number of rotatable bonds is 5. The van der Waals surface area contributed by atoms with Crippen LogP contribution in [0.5, 0.6) is 0 Å². The van der Waals surface area contributed by atoms with Crippen LogP contribution in [0.2, 0.25) is 0 Å². The number of thioether (sulfide) groups is 1. The van der Waals surface area contributed by atoms with E-state index >= 15 is 0 Å². The number of ether oxygens (including phenoxy) is 1. The van der Waals surface area contributed by atoms with Gasteiger partial charge < -0.3 is 20.3 Å². The Morgan fingerprint density at radius 3 is 2.71 bits per heavy atom. The van der Waals surface area contributed by atoms with Gasteiger partial charge in [0.1, 0.15) is 0 Å². The van der Waals surface area contributed by atoms with Crippen LogP contribution in [0.3, 0.4) is 0 Å². The fourth-order valence-corrected chi connectivity index (χ4v) is 4.27. The highest BCUT2D eigenvalue weighted by atomic mass is 32.2. The number of hydrogen-bond donors (Lipinski definition) is 2. The number of aliphatic imine (C=N–C) groups is 1. The minimum Gasteiger partial charge on any atom is -0.378 e. The van der Waals surface area contributed by atoms with Crippen molar-refractivity contribution < 1.29 is 4.74 Å². The quantitative estimate of drug-likeness (QED) is 0.630. The van der Waals surface area contributed by atoms with Crippen molar-refractivity contribution in [3.05, 3.63) is 29.8 Å². The van der Waals surface area contributed by atoms with Crippen LogP contribution in [-0.4, -0.2) is 56.9 Å². The molecule has 1 unspecified atom stereocenters. The summed E-state index contributed by atoms with van der Waals surface area (Å²) in [4.78, 5) is 6.69. The average Bonchev–Trinajstić information content (AvgIpc) is 3.17. The molecule has 0 radical (unpaired) electrons. The Hall–Kier alpha value is -1.40. The smallest absolute Gasteiger partial charge is 0.191 e. The first-order chi connectivity index (χ1) is 11.8. The highest BCUT2D eigenvalue weighted by Gasteiger charge is 2.15. The van der Waals surface area contributed by atoms with E-state index in [-0.39, 0.29) is 0 Å². The zero-order chi connectivity index (χ0) is 16.6. The van der Waals surface area contributed by atoms with Gasteiger partial charge in [-0.15, -0.1) is 0 Å². The maximum Gasteiger partial charge on any atom is 0.191 e. The zero-order valence-corrected chi connectivity index (χ0v) is 15.3. The van der Waals surface area contributed by atoms with Gasteiger partial charge in [-0.05, 0) is 36.3 Å². The molecule has 132 valence electrons. The van der Waals surface area contributed by atoms with Crippen molar-refractivity contribution in [2.75, 3.05) is 50.5 Å². The van der Waals surface area contributed by atoms with Crippen LogP contribution >= 0.6 is 11.8 Å². The lowest BCUT2D eigenvalue weighted by Gasteiger charge is -2.29. The van der Waals surface area contributed by atoms with Crippen LogP contribution in [0.4, 0.5) is 5.69 Å². The highest BCUT2D eigenvalue weighted by Crippen LogP contribution is 2.25. The maximum atomic E-state index is 5.41. The predicted molar refractivity (Wildman–Crippen MR) is 103 cm³/mol. The summed E-state index contributed by atoms with van der Waals surface area (Å²) in [6.07, 6.45) is 2.66. The number of nitrogens with zero attached hydrogens (tertiary/aromatic N) is 2. The zero-order valence-electron chi connectivity index (χ0n) is 14.5. The third-order valence-corrected chi connectivity index (χ3v) is 5.92. The van der Waals surface area contributed by atoms with E-state index in [1.54, 1.807) is 0 Å². The second-order valence-corrected chi connectivity index (χ2v) is 7.62. The Kier molecular flexibility index (Phi) is 6.66. The molecule has 0 spiro atoms. The molecule has 2 saturated heterocycles. The maximum absolute atomic E-state index is 5.41. The third-order valence-electron chi connectivity index (χ3n) is 4.52. The number of benzene rings is 1. The Morgan fingerprint density at radius 1 is 1.25 bits per heavy atom. The summed E-state index contributed by atoms with van der Waals surface area (Å²) >= 11 is 2.07. The molecular formula is C18H28N4OS. The van der Waals surface area contributed by atoms with Crippen LogP contribution < -0.4 is 15.5 Å². The second kappa shape index (κ2) is 9.18. The molecule has 0 bridgehead atoms. The fourth-order valence-electron chi connectivity index (χ4n) is 3.07. The average molecular weight is 349 g/mol. The minimum atomic E-state index is 0.733. The van der Waals surface area contributed by atoms with Gasteiger partial charge in [0.25, 0.3) is 0 Å². The van der Waals surface area contributed by atoms with Crippen molar-refractivity contribution in [3.63, 3.8) is 0 Å². The topological polar surface area (TPSA) is 48.9 Å². The number of nitrogens with one attached hydrogen (secondary N) is 2. The lowest BCUT2D eigenvalue weighted by Crippen LogP contribution is -2.39. The van der Waals surface area contributed by atoms with E-state index in [0.717, 1.165) is 50.6 Å². The monoisotopic (exact) mass is 348 g/mol. The van der Waals surface area contributed by atoms with Gasteiger partial charge in [0.2, 0.25) is 0 Å². The minimum absolute atomic E-state index is 0.733. The van der Waals surface area contributed by atoms with Crippen molar-refractivity contribution in [3.8, 4) is 0 Å². The summed E-state index contributed by atoms with van der Waals surface area (Å²) in [6, 6.07) is 8.79. The van der Waals surface area contributed by atoms with Gasteiger partial charge in [0.15, 0.2) is 5.96 Å². The van der Waals surface area contributed by atoms with Crippen LogP contribution in [0, 0.1) is 0 Å². The summed E-state index contributed by atoms with van der Waals surface area (Å²) in [7, 11) is 1.83. The normalized spacial score (nSPS) is 21.8. The van der Waals surface area contributed by atoms with Gasteiger partial charge in [-0.2, -0.15) is 11.8 Å². The highest BCUT2D eigenvalue weighted by molar-refractivity contribution is 8.00. The summed E-state index contributed by atoms with van der Waals surface area (Å²) in [6.45, 7) is 5.40. The molecule has 2 aliphatic heterocycles. The molecule has 0 saturated carbocycles. The van der Waals surface area contributed by atoms with Crippen LogP contribution in [-0.2, 0) is 11.3 Å². The molecule has 2 aliphatic rings. The van der Waals surface area contributed by atoms with Crippen LogP contribution in [0.1, 0.15) is 18.4 Å². The molecule has 0 aromatic heterocycles. The Morgan fingerprint density at radius 2 is 2.04 bits per heavy atom. The molecule has 2 fully saturated rings. The van der Waals surface area contributed by atoms with Gasteiger partial charge in [0.05, 0.1) is 13.2 Å². The van der Waals surface area contributed by atoms with Gasteiger partial charge in [-0.3, -0.25) is 4.99 Å². The molecule has 1 aromatic rings. The molecule has 3 rings (SSSR count). The number of guanidine groups is 1. The molecule has 1 aromatic carbocycles. The van der Waals surface area contributed by atoms with Crippen molar-refractivity contribution in [2.24, 2.45) is 4.99 Å². The molecule has 0 aliphatic carbocycles. The van der Waals surface area contributed by atoms with E-state index in [0.29, 0.717) is 0 Å². The molecule has 0 amide bonds. The molecule has 5 nitrogen and oxygen atoms in total. The standard InChI is InChI=1S/C18H28N4OS/c1-19-18(21-14-17-3-2-12-24-17)20-13-15-4-6-16(7-5-15)22-8-10-23-11-9-22/h4-7,17H,2-3,8-14H2,1H3,(H2,19,20,21). The Balaban J connectivity index is 1.44. The summed E-state index contributed by atoms with van der Waals surface area (Å²) in [5.74, 6) is 2.19. The van der Waals surface area contributed by atoms with Crippen molar-refractivity contribution in [1.82, 2.24) is 10.6 Å². The SMILES string of the molecule is CN=C(NCc1ccc(N2CCOCC2)cc1)NCC1CCCS1. The predicted octanol–water partition coefficient (Wildman–Crippen LogP) is 2.08. The van der Waals surface area contributed by atoms with Crippen molar-refractivity contribution in [2.45, 2.75) is 24.6 Å². The first-order valence-corrected chi connectivity index (χ1v) is 9.88. The number of morpholine rings is 1. The lowest BCUT2D eigenvalue weighted by molar-refractivity contribution is 0.122. The molecule has 2 heterocycles. The van der Waals surface area contributed by atoms with E-state index in [2.05, 4.69) is 56.6 Å². The molecule has 6 heteroatoms. The molecule has 24 heavy (non-hydrogen) atoms. The van der Waals surface area contributed by atoms with E-state index in [1.807, 2.05) is 7.05 Å². The summed E-state index contributed by atoms with van der Waals surface area (Å²) in [5, 5.41) is 7.58. The van der Waals surface area contributed by atoms with Gasteiger partial charge in [-0.25, -0.2) is 0 Å². The van der Waals surface area contributed by atoms with E-state index in [9.17, 15) is 0 Å². The number of anilines is 1. The van der Waals surface area contributed by atoms with E-state index in [1.165, 1.54) is 29.8 Å². The van der Waals surface area contributed by atoms with Gasteiger partial charge in [0, 0.05) is 44.2 Å². The van der Waals surface area contributed by atoms with Crippen LogP contribution in [0.15, 0.2) is 29.3 Å². The van der Waals surface area contributed by atoms with Crippen LogP contribution in [0.25, 0.3) is 0 Å². The summed E-state index contributed by atoms with van der Waals surface area (Å²) < 4.78 is 5.41. The largest absolute Gasteiger partial charge is 0.378 e. The van der Waals surface area contributed by atoms with Gasteiger partial charge in [-0.1, -0.05) is 12.1 Å². The summed E-state index contributed by atoms with van der Waals surface area (Å²) in [5.41, 5.74) is 2.55. The third kappa shape index (κ3) is 5.05. The van der Waals surface area contributed by atoms with E-state index < -0.39 is 0 Å². The Labute approximate surface area is 149 Å². The van der Waals surface area contributed by atoms with Crippen molar-refractivity contribution >= 4 is 23.4 Å². The van der Waals surface area contributed by atoms with Crippen molar-refractivity contribution in [1.29, 1.82) is 0 Å². The van der Waals surface area contributed by atoms with E-state index in [4.69, 9.17) is 4.74 Å². The first kappa shape index (κ1) is 17.4. The second-order valence-electron chi connectivity index (χ2n) is 6.21. The molecule has 1 atom stereocenters. The Bertz CT molecular complexity index is 522. The molecule has 2 N–H and O–H groups in total. The number of hydrogen-bond acceptors (Lipinski definition) is 4.